The highest BCUT2D eigenvalue weighted by Crippen LogP contribution is 2.32. The Kier molecular flexibility index (Phi) is 5.82. The molecule has 2 aliphatic rings. The van der Waals surface area contributed by atoms with Crippen molar-refractivity contribution in [3.05, 3.63) is 65.7 Å². The summed E-state index contributed by atoms with van der Waals surface area (Å²) in [7, 11) is -3.63. The van der Waals surface area contributed by atoms with Crippen molar-refractivity contribution in [3.8, 4) is 0 Å². The van der Waals surface area contributed by atoms with Crippen molar-refractivity contribution < 1.29 is 21.9 Å². The largest absolute Gasteiger partial charge is 0.380 e. The van der Waals surface area contributed by atoms with Crippen molar-refractivity contribution in [1.82, 2.24) is 8.61 Å². The maximum atomic E-state index is 13.6. The summed E-state index contributed by atoms with van der Waals surface area (Å²) in [5.41, 5.74) is 1.41. The Bertz CT molecular complexity index is 953. The van der Waals surface area contributed by atoms with Crippen LogP contribution in [-0.2, 0) is 14.9 Å². The molecule has 0 aliphatic carbocycles. The van der Waals surface area contributed by atoms with Crippen LogP contribution >= 0.6 is 0 Å². The van der Waals surface area contributed by atoms with Gasteiger partial charge in [-0.1, -0.05) is 30.3 Å². The molecule has 2 aromatic carbocycles. The fourth-order valence-corrected chi connectivity index (χ4v) is 5.52. The molecule has 29 heavy (non-hydrogen) atoms. The van der Waals surface area contributed by atoms with E-state index >= 15 is 0 Å². The average molecular weight is 423 g/mol. The van der Waals surface area contributed by atoms with Crippen LogP contribution < -0.4 is 5.32 Å². The van der Waals surface area contributed by atoms with E-state index in [4.69, 9.17) is 4.74 Å². The summed E-state index contributed by atoms with van der Waals surface area (Å²) in [6, 6.07) is 13.0. The second kappa shape index (κ2) is 8.35. The molecule has 2 saturated heterocycles. The lowest BCUT2D eigenvalue weighted by molar-refractivity contribution is 0.0705. The second-order valence-corrected chi connectivity index (χ2v) is 9.16. The van der Waals surface area contributed by atoms with Gasteiger partial charge >= 0.3 is 0 Å². The zero-order valence-corrected chi connectivity index (χ0v) is 16.6. The molecule has 0 saturated carbocycles. The monoisotopic (exact) mass is 423 g/mol. The van der Waals surface area contributed by atoms with Crippen LogP contribution in [0.5, 0.6) is 0 Å². The number of anilines is 1. The van der Waals surface area contributed by atoms with Crippen molar-refractivity contribution >= 4 is 15.9 Å². The van der Waals surface area contributed by atoms with Crippen LogP contribution in [0.4, 0.5) is 14.5 Å². The Hall–Kier alpha value is -2.07. The second-order valence-electron chi connectivity index (χ2n) is 7.23. The number of hydrogen-bond donors (Lipinski definition) is 1. The van der Waals surface area contributed by atoms with Crippen LogP contribution in [0.3, 0.4) is 0 Å². The molecule has 156 valence electrons. The quantitative estimate of drug-likeness (QED) is 0.803. The molecule has 2 aromatic rings. The van der Waals surface area contributed by atoms with Crippen molar-refractivity contribution in [1.29, 1.82) is 0 Å². The number of benzene rings is 2. The van der Waals surface area contributed by atoms with Gasteiger partial charge in [0, 0.05) is 49.9 Å². The van der Waals surface area contributed by atoms with Gasteiger partial charge in [0.25, 0.3) is 10.2 Å². The molecular formula is C20H23F2N3O3S. The lowest BCUT2D eigenvalue weighted by Crippen LogP contribution is -2.48. The van der Waals surface area contributed by atoms with Gasteiger partial charge in [-0.15, -0.1) is 0 Å². The van der Waals surface area contributed by atoms with Gasteiger partial charge in [0.15, 0.2) is 11.6 Å². The number of morpholine rings is 1. The zero-order valence-electron chi connectivity index (χ0n) is 15.8. The highest BCUT2D eigenvalue weighted by molar-refractivity contribution is 7.86. The number of nitrogens with zero attached hydrogens (tertiary/aromatic N) is 2. The number of rotatable bonds is 5. The Balaban J connectivity index is 1.60. The molecule has 2 heterocycles. The van der Waals surface area contributed by atoms with Gasteiger partial charge in [-0.25, -0.2) is 8.78 Å². The summed E-state index contributed by atoms with van der Waals surface area (Å²) in [6.45, 7) is 1.97. The Morgan fingerprint density at radius 3 is 2.34 bits per heavy atom. The highest BCUT2D eigenvalue weighted by atomic mass is 32.2. The average Bonchev–Trinajstić information content (AvgIpc) is 3.17. The van der Waals surface area contributed by atoms with E-state index in [-0.39, 0.29) is 18.5 Å². The lowest BCUT2D eigenvalue weighted by Gasteiger charge is -2.30. The smallest absolute Gasteiger partial charge is 0.282 e. The predicted molar refractivity (Wildman–Crippen MR) is 106 cm³/mol. The third kappa shape index (κ3) is 4.28. The highest BCUT2D eigenvalue weighted by Gasteiger charge is 2.42. The number of halogens is 2. The molecule has 2 aliphatic heterocycles. The number of nitrogens with one attached hydrogen (secondary N) is 1. The van der Waals surface area contributed by atoms with Crippen LogP contribution in [0.15, 0.2) is 48.5 Å². The third-order valence-corrected chi connectivity index (χ3v) is 7.38. The zero-order chi connectivity index (χ0) is 20.4. The Morgan fingerprint density at radius 2 is 1.66 bits per heavy atom. The molecule has 9 heteroatoms. The molecular weight excluding hydrogens is 400 g/mol. The maximum absolute atomic E-state index is 13.6. The van der Waals surface area contributed by atoms with E-state index < -0.39 is 21.8 Å². The van der Waals surface area contributed by atoms with E-state index in [1.165, 1.54) is 14.7 Å². The summed E-state index contributed by atoms with van der Waals surface area (Å²) in [5, 5.41) is 3.21. The minimum atomic E-state index is -3.63. The first-order valence-corrected chi connectivity index (χ1v) is 10.9. The van der Waals surface area contributed by atoms with E-state index in [0.29, 0.717) is 38.5 Å². The summed E-state index contributed by atoms with van der Waals surface area (Å²) in [4.78, 5) is 0. The van der Waals surface area contributed by atoms with Gasteiger partial charge in [0.05, 0.1) is 13.2 Å². The van der Waals surface area contributed by atoms with Gasteiger partial charge in [-0.05, 0) is 17.7 Å². The van der Waals surface area contributed by atoms with Crippen molar-refractivity contribution in [2.45, 2.75) is 12.0 Å². The standard InChI is InChI=1S/C20H23F2N3O3S/c21-18-7-6-16(12-19(18)22)23-20-14-25(13-17(20)15-4-2-1-3-5-15)29(26,27)24-8-10-28-11-9-24/h1-7,12,17,20,23H,8-11,13-14H2/t17-,20+/m0/s1. The molecule has 4 rings (SSSR count). The van der Waals surface area contributed by atoms with Crippen LogP contribution in [-0.4, -0.2) is 62.5 Å². The topological polar surface area (TPSA) is 61.9 Å². The molecule has 0 aromatic heterocycles. The third-order valence-electron chi connectivity index (χ3n) is 5.41. The fraction of sp³-hybridized carbons (Fsp3) is 0.400. The van der Waals surface area contributed by atoms with Crippen LogP contribution in [0.2, 0.25) is 0 Å². The predicted octanol–water partition coefficient (Wildman–Crippen LogP) is 2.42. The lowest BCUT2D eigenvalue weighted by atomic mass is 9.94. The molecule has 0 spiro atoms. The summed E-state index contributed by atoms with van der Waals surface area (Å²) in [5.74, 6) is -1.99. The summed E-state index contributed by atoms with van der Waals surface area (Å²) in [6.07, 6.45) is 0. The van der Waals surface area contributed by atoms with Crippen LogP contribution in [0, 0.1) is 11.6 Å². The molecule has 0 unspecified atom stereocenters. The number of hydrogen-bond acceptors (Lipinski definition) is 4. The SMILES string of the molecule is O=S(=O)(N1CCOCC1)N1C[C@@H](Nc2ccc(F)c(F)c2)[C@H](c2ccccc2)C1. The van der Waals surface area contributed by atoms with E-state index in [1.807, 2.05) is 30.3 Å². The van der Waals surface area contributed by atoms with Crippen LogP contribution in [0.1, 0.15) is 11.5 Å². The fourth-order valence-electron chi connectivity index (χ4n) is 3.88. The summed E-state index contributed by atoms with van der Waals surface area (Å²) >= 11 is 0. The van der Waals surface area contributed by atoms with Crippen molar-refractivity contribution in [2.24, 2.45) is 0 Å². The first kappa shape index (κ1) is 20.2. The van der Waals surface area contributed by atoms with Crippen LogP contribution in [0.25, 0.3) is 0 Å². The van der Waals surface area contributed by atoms with Crippen molar-refractivity contribution in [2.75, 3.05) is 44.7 Å². The molecule has 1 N–H and O–H groups in total. The van der Waals surface area contributed by atoms with Gasteiger partial charge in [-0.2, -0.15) is 17.0 Å². The van der Waals surface area contributed by atoms with Crippen molar-refractivity contribution in [3.63, 3.8) is 0 Å². The minimum Gasteiger partial charge on any atom is -0.380 e. The van der Waals surface area contributed by atoms with Gasteiger partial charge in [0.1, 0.15) is 0 Å². The first-order valence-electron chi connectivity index (χ1n) is 9.54. The molecule has 0 amide bonds. The Morgan fingerprint density at radius 1 is 0.931 bits per heavy atom. The van der Waals surface area contributed by atoms with E-state index in [9.17, 15) is 17.2 Å². The first-order chi connectivity index (χ1) is 13.9. The van der Waals surface area contributed by atoms with E-state index in [0.717, 1.165) is 17.7 Å². The number of ether oxygens (including phenoxy) is 1. The van der Waals surface area contributed by atoms with E-state index in [2.05, 4.69) is 5.32 Å². The normalized spacial score (nSPS) is 23.9. The van der Waals surface area contributed by atoms with E-state index in [1.54, 1.807) is 0 Å². The summed E-state index contributed by atoms with van der Waals surface area (Å²) < 4.78 is 61.3. The molecule has 0 radical (unpaired) electrons. The maximum Gasteiger partial charge on any atom is 0.282 e. The minimum absolute atomic E-state index is 0.125. The Labute approximate surface area is 169 Å². The molecule has 2 atom stereocenters. The van der Waals surface area contributed by atoms with Gasteiger partial charge < -0.3 is 10.1 Å². The molecule has 6 nitrogen and oxygen atoms in total. The molecule has 2 fully saturated rings. The van der Waals surface area contributed by atoms with Gasteiger partial charge in [0.2, 0.25) is 0 Å². The van der Waals surface area contributed by atoms with Gasteiger partial charge in [-0.3, -0.25) is 0 Å². The molecule has 0 bridgehead atoms.